The van der Waals surface area contributed by atoms with Gasteiger partial charge >= 0.3 is 6.09 Å². The molecule has 2 amide bonds. The first-order chi connectivity index (χ1) is 11.3. The molecule has 1 heterocycles. The van der Waals surface area contributed by atoms with Crippen molar-refractivity contribution in [2.75, 3.05) is 32.7 Å². The maximum atomic E-state index is 12.6. The summed E-state index contributed by atoms with van der Waals surface area (Å²) in [7, 11) is 0. The average molecular weight is 333 g/mol. The zero-order valence-corrected chi connectivity index (χ0v) is 14.7. The quantitative estimate of drug-likeness (QED) is 0.893. The third kappa shape index (κ3) is 4.96. The molecular formula is C18H27N3O3. The molecule has 0 aliphatic carbocycles. The second-order valence-corrected chi connectivity index (χ2v) is 6.78. The molecule has 2 rings (SSSR count). The van der Waals surface area contributed by atoms with Crippen molar-refractivity contribution in [3.05, 3.63) is 35.4 Å². The van der Waals surface area contributed by atoms with Crippen molar-refractivity contribution in [3.8, 4) is 0 Å². The summed E-state index contributed by atoms with van der Waals surface area (Å²) in [5.74, 6) is 0.0740. The molecule has 24 heavy (non-hydrogen) atoms. The Kier molecular flexibility index (Phi) is 5.83. The molecule has 1 aromatic carbocycles. The zero-order valence-electron chi connectivity index (χ0n) is 14.7. The number of primary amides is 1. The van der Waals surface area contributed by atoms with Gasteiger partial charge in [0.05, 0.1) is 0 Å². The van der Waals surface area contributed by atoms with Gasteiger partial charge in [0, 0.05) is 38.2 Å². The summed E-state index contributed by atoms with van der Waals surface area (Å²) >= 11 is 0. The van der Waals surface area contributed by atoms with Gasteiger partial charge in [0.15, 0.2) is 0 Å². The van der Waals surface area contributed by atoms with E-state index in [1.54, 1.807) is 0 Å². The maximum Gasteiger partial charge on any atom is 0.405 e. The van der Waals surface area contributed by atoms with E-state index < -0.39 is 11.7 Å². The summed E-state index contributed by atoms with van der Waals surface area (Å²) < 4.78 is 5.09. The maximum absolute atomic E-state index is 12.6. The van der Waals surface area contributed by atoms with E-state index in [0.29, 0.717) is 12.0 Å². The number of rotatable bonds is 5. The molecule has 1 fully saturated rings. The van der Waals surface area contributed by atoms with E-state index >= 15 is 0 Å². The van der Waals surface area contributed by atoms with E-state index in [1.165, 1.54) is 0 Å². The van der Waals surface area contributed by atoms with E-state index in [2.05, 4.69) is 11.8 Å². The van der Waals surface area contributed by atoms with Gasteiger partial charge in [-0.2, -0.15) is 0 Å². The van der Waals surface area contributed by atoms with Gasteiger partial charge in [0.1, 0.15) is 5.60 Å². The highest BCUT2D eigenvalue weighted by atomic mass is 16.6. The van der Waals surface area contributed by atoms with E-state index in [9.17, 15) is 9.59 Å². The van der Waals surface area contributed by atoms with Crippen LogP contribution in [0, 0.1) is 0 Å². The van der Waals surface area contributed by atoms with Crippen LogP contribution in [0.2, 0.25) is 0 Å². The molecular weight excluding hydrogens is 306 g/mol. The van der Waals surface area contributed by atoms with E-state index in [-0.39, 0.29) is 5.91 Å². The first kappa shape index (κ1) is 18.3. The van der Waals surface area contributed by atoms with Crippen molar-refractivity contribution in [3.63, 3.8) is 0 Å². The summed E-state index contributed by atoms with van der Waals surface area (Å²) in [6.45, 7) is 10.2. The molecule has 1 saturated heterocycles. The lowest BCUT2D eigenvalue weighted by atomic mass is 9.97. The lowest BCUT2D eigenvalue weighted by Gasteiger charge is -2.34. The topological polar surface area (TPSA) is 75.9 Å². The lowest BCUT2D eigenvalue weighted by molar-refractivity contribution is 0.0460. The summed E-state index contributed by atoms with van der Waals surface area (Å²) in [4.78, 5) is 27.7. The van der Waals surface area contributed by atoms with Crippen molar-refractivity contribution in [1.82, 2.24) is 9.80 Å². The molecule has 132 valence electrons. The minimum Gasteiger partial charge on any atom is -0.443 e. The van der Waals surface area contributed by atoms with E-state index in [0.717, 1.165) is 38.3 Å². The molecule has 0 aromatic heterocycles. The van der Waals surface area contributed by atoms with Crippen LogP contribution in [0.1, 0.15) is 36.7 Å². The predicted octanol–water partition coefficient (Wildman–Crippen LogP) is 1.88. The van der Waals surface area contributed by atoms with Crippen LogP contribution in [0.5, 0.6) is 0 Å². The minimum absolute atomic E-state index is 0.0740. The summed E-state index contributed by atoms with van der Waals surface area (Å²) in [5, 5.41) is 0. The summed E-state index contributed by atoms with van der Waals surface area (Å²) in [6.07, 6.45) is -0.238. The standard InChI is InChI=1S/C18H27N3O3/c1-4-20-9-11-21(12-10-20)16(22)15-7-5-14(6-8-15)13-18(2,3)24-17(19)23/h5-8H,4,9-13H2,1-3H3,(H2,19,23). The SMILES string of the molecule is CCN1CCN(C(=O)c2ccc(CC(C)(C)OC(N)=O)cc2)CC1. The van der Waals surface area contributed by atoms with Crippen LogP contribution in [0.4, 0.5) is 4.79 Å². The van der Waals surface area contributed by atoms with Crippen LogP contribution in [-0.4, -0.2) is 60.1 Å². The highest BCUT2D eigenvalue weighted by Crippen LogP contribution is 2.18. The molecule has 6 heteroatoms. The molecule has 0 saturated carbocycles. The molecule has 0 unspecified atom stereocenters. The van der Waals surface area contributed by atoms with Crippen molar-refractivity contribution in [2.24, 2.45) is 5.73 Å². The predicted molar refractivity (Wildman–Crippen MR) is 92.9 cm³/mol. The van der Waals surface area contributed by atoms with Gasteiger partial charge in [0.25, 0.3) is 5.91 Å². The number of piperazine rings is 1. The number of carbonyl (C=O) groups is 2. The fourth-order valence-electron chi connectivity index (χ4n) is 3.01. The van der Waals surface area contributed by atoms with Gasteiger partial charge in [-0.3, -0.25) is 4.79 Å². The highest BCUT2D eigenvalue weighted by Gasteiger charge is 2.23. The number of nitrogens with zero attached hydrogens (tertiary/aromatic N) is 2. The van der Waals surface area contributed by atoms with Gasteiger partial charge in [-0.15, -0.1) is 0 Å². The molecule has 1 aliphatic rings. The Labute approximate surface area is 143 Å². The fraction of sp³-hybridized carbons (Fsp3) is 0.556. The van der Waals surface area contributed by atoms with Crippen LogP contribution < -0.4 is 5.73 Å². The third-order valence-electron chi connectivity index (χ3n) is 4.31. The largest absolute Gasteiger partial charge is 0.443 e. The minimum atomic E-state index is -0.780. The number of likely N-dealkylation sites (N-methyl/N-ethyl adjacent to an activating group) is 1. The summed E-state index contributed by atoms with van der Waals surface area (Å²) in [6, 6.07) is 7.48. The van der Waals surface area contributed by atoms with Crippen molar-refractivity contribution in [2.45, 2.75) is 32.8 Å². The fourth-order valence-corrected chi connectivity index (χ4v) is 3.01. The van der Waals surface area contributed by atoms with Crippen LogP contribution in [-0.2, 0) is 11.2 Å². The second-order valence-electron chi connectivity index (χ2n) is 6.78. The molecule has 0 bridgehead atoms. The number of amides is 2. The number of hydrogen-bond acceptors (Lipinski definition) is 4. The Bertz CT molecular complexity index is 576. The van der Waals surface area contributed by atoms with Gasteiger partial charge in [0.2, 0.25) is 0 Å². The molecule has 1 aromatic rings. The smallest absolute Gasteiger partial charge is 0.405 e. The van der Waals surface area contributed by atoms with E-state index in [1.807, 2.05) is 43.0 Å². The average Bonchev–Trinajstić information content (AvgIpc) is 2.53. The molecule has 0 radical (unpaired) electrons. The number of benzene rings is 1. The first-order valence-electron chi connectivity index (χ1n) is 8.40. The third-order valence-corrected chi connectivity index (χ3v) is 4.31. The van der Waals surface area contributed by atoms with Crippen LogP contribution in [0.3, 0.4) is 0 Å². The molecule has 6 nitrogen and oxygen atoms in total. The Morgan fingerprint density at radius 1 is 1.12 bits per heavy atom. The second kappa shape index (κ2) is 7.66. The van der Waals surface area contributed by atoms with Crippen LogP contribution in [0.25, 0.3) is 0 Å². The van der Waals surface area contributed by atoms with Crippen molar-refractivity contribution in [1.29, 1.82) is 0 Å². The Morgan fingerprint density at radius 2 is 1.71 bits per heavy atom. The molecule has 0 spiro atoms. The highest BCUT2D eigenvalue weighted by molar-refractivity contribution is 5.94. The molecule has 2 N–H and O–H groups in total. The Balaban J connectivity index is 1.96. The number of nitrogens with two attached hydrogens (primary N) is 1. The zero-order chi connectivity index (χ0) is 17.7. The lowest BCUT2D eigenvalue weighted by Crippen LogP contribution is -2.48. The molecule has 0 atom stereocenters. The number of ether oxygens (including phenoxy) is 1. The Hall–Kier alpha value is -2.08. The number of hydrogen-bond donors (Lipinski definition) is 1. The van der Waals surface area contributed by atoms with Crippen LogP contribution >= 0.6 is 0 Å². The van der Waals surface area contributed by atoms with Gasteiger partial charge < -0.3 is 20.3 Å². The number of carbonyl (C=O) groups excluding carboxylic acids is 2. The van der Waals surface area contributed by atoms with E-state index in [4.69, 9.17) is 10.5 Å². The van der Waals surface area contributed by atoms with Crippen molar-refractivity contribution < 1.29 is 14.3 Å². The van der Waals surface area contributed by atoms with Crippen LogP contribution in [0.15, 0.2) is 24.3 Å². The normalized spacial score (nSPS) is 16.0. The van der Waals surface area contributed by atoms with Gasteiger partial charge in [-0.05, 0) is 38.1 Å². The monoisotopic (exact) mass is 333 g/mol. The van der Waals surface area contributed by atoms with Crippen molar-refractivity contribution >= 4 is 12.0 Å². The summed E-state index contributed by atoms with van der Waals surface area (Å²) in [5.41, 5.74) is 6.10. The first-order valence-corrected chi connectivity index (χ1v) is 8.40. The molecule has 1 aliphatic heterocycles. The van der Waals surface area contributed by atoms with Gasteiger partial charge in [-0.25, -0.2) is 4.79 Å². The Morgan fingerprint density at radius 3 is 2.21 bits per heavy atom. The van der Waals surface area contributed by atoms with Gasteiger partial charge in [-0.1, -0.05) is 19.1 Å².